The Hall–Kier alpha value is -2.03. The smallest absolute Gasteiger partial charge is 0.161 e. The van der Waals surface area contributed by atoms with E-state index in [2.05, 4.69) is 33.8 Å². The van der Waals surface area contributed by atoms with Crippen molar-refractivity contribution in [1.29, 1.82) is 0 Å². The molecule has 154 valence electrons. The van der Waals surface area contributed by atoms with Crippen LogP contribution in [0.1, 0.15) is 83.5 Å². The fraction of sp³-hybridized carbons (Fsp3) is 0.560. The van der Waals surface area contributed by atoms with Crippen molar-refractivity contribution in [3.63, 3.8) is 0 Å². The number of benzene rings is 1. The van der Waals surface area contributed by atoms with Crippen LogP contribution in [-0.4, -0.2) is 19.5 Å². The summed E-state index contributed by atoms with van der Waals surface area (Å²) >= 11 is 0. The number of rotatable bonds is 10. The van der Waals surface area contributed by atoms with E-state index >= 15 is 0 Å². The van der Waals surface area contributed by atoms with E-state index in [1.165, 1.54) is 31.3 Å². The molecule has 0 radical (unpaired) electrons. The van der Waals surface area contributed by atoms with E-state index in [-0.39, 0.29) is 0 Å². The van der Waals surface area contributed by atoms with Gasteiger partial charge < -0.3 is 9.47 Å². The lowest BCUT2D eigenvalue weighted by atomic mass is 9.72. The summed E-state index contributed by atoms with van der Waals surface area (Å²) in [5, 5.41) is 0. The van der Waals surface area contributed by atoms with Crippen LogP contribution in [0.3, 0.4) is 0 Å². The first-order valence-corrected chi connectivity index (χ1v) is 10.6. The first-order valence-electron chi connectivity index (χ1n) is 10.6. The van der Waals surface area contributed by atoms with Crippen molar-refractivity contribution in [2.45, 2.75) is 73.1 Å². The maximum atomic E-state index is 10.9. The third-order valence-corrected chi connectivity index (χ3v) is 5.92. The van der Waals surface area contributed by atoms with E-state index in [1.807, 2.05) is 13.0 Å². The van der Waals surface area contributed by atoms with Crippen LogP contribution in [0, 0.1) is 5.41 Å². The van der Waals surface area contributed by atoms with Gasteiger partial charge in [-0.2, -0.15) is 0 Å². The van der Waals surface area contributed by atoms with Gasteiger partial charge in [-0.3, -0.25) is 4.79 Å². The number of carbonyl (C=O) groups excluding carboxylic acids is 1. The van der Waals surface area contributed by atoms with Crippen LogP contribution in [0.15, 0.2) is 41.0 Å². The predicted molar refractivity (Wildman–Crippen MR) is 116 cm³/mol. The van der Waals surface area contributed by atoms with Crippen LogP contribution >= 0.6 is 0 Å². The summed E-state index contributed by atoms with van der Waals surface area (Å²) in [5.74, 6) is 1.33. The summed E-state index contributed by atoms with van der Waals surface area (Å²) in [5.41, 5.74) is 5.67. The molecule has 0 bridgehead atoms. The minimum atomic E-state index is 0.372. The second-order valence-corrected chi connectivity index (χ2v) is 8.41. The molecule has 2 rings (SSSR count). The Bertz CT molecular complexity index is 725. The molecule has 0 atom stereocenters. The van der Waals surface area contributed by atoms with E-state index < -0.39 is 0 Å². The van der Waals surface area contributed by atoms with Crippen LogP contribution < -0.4 is 9.47 Å². The fourth-order valence-corrected chi connectivity index (χ4v) is 3.82. The molecule has 1 aliphatic carbocycles. The van der Waals surface area contributed by atoms with Crippen molar-refractivity contribution in [2.24, 2.45) is 5.41 Å². The van der Waals surface area contributed by atoms with Crippen LogP contribution in [0.5, 0.6) is 11.5 Å². The molecule has 28 heavy (non-hydrogen) atoms. The highest BCUT2D eigenvalue weighted by atomic mass is 16.5. The molecule has 0 saturated heterocycles. The average molecular weight is 385 g/mol. The molecule has 0 saturated carbocycles. The van der Waals surface area contributed by atoms with Crippen LogP contribution in [0.2, 0.25) is 0 Å². The van der Waals surface area contributed by atoms with Crippen molar-refractivity contribution in [3.05, 3.63) is 46.6 Å². The molecule has 1 aliphatic rings. The van der Waals surface area contributed by atoms with Gasteiger partial charge in [0.1, 0.15) is 6.29 Å². The fourth-order valence-electron chi connectivity index (χ4n) is 3.82. The highest BCUT2D eigenvalue weighted by molar-refractivity contribution is 5.76. The maximum absolute atomic E-state index is 10.9. The standard InChI is InChI=1S/C25H36O3/c1-6-27-24-17-21(18-26)12-14-23(24)28-16-8-9-19(2)11-13-22-10-7-15-25(4,5)20(22)3/h9,12,14,17-18H,6-8,10-11,13,15-16H2,1-5H3. The monoisotopic (exact) mass is 384 g/mol. The molecule has 0 spiro atoms. The Morgan fingerprint density at radius 2 is 2.00 bits per heavy atom. The van der Waals surface area contributed by atoms with Gasteiger partial charge in [-0.15, -0.1) is 0 Å². The second-order valence-electron chi connectivity index (χ2n) is 8.41. The first kappa shape index (κ1) is 22.3. The van der Waals surface area contributed by atoms with Crippen LogP contribution in [-0.2, 0) is 0 Å². The zero-order valence-corrected chi connectivity index (χ0v) is 18.3. The van der Waals surface area contributed by atoms with Crippen molar-refractivity contribution in [2.75, 3.05) is 13.2 Å². The molecular weight excluding hydrogens is 348 g/mol. The molecule has 1 aromatic carbocycles. The van der Waals surface area contributed by atoms with Gasteiger partial charge in [-0.25, -0.2) is 0 Å². The lowest BCUT2D eigenvalue weighted by Crippen LogP contribution is -2.19. The zero-order chi connectivity index (χ0) is 20.6. The number of ether oxygens (including phenoxy) is 2. The van der Waals surface area contributed by atoms with E-state index in [9.17, 15) is 4.79 Å². The Morgan fingerprint density at radius 1 is 1.21 bits per heavy atom. The molecule has 0 aliphatic heterocycles. The van der Waals surface area contributed by atoms with Crippen LogP contribution in [0.4, 0.5) is 0 Å². The largest absolute Gasteiger partial charge is 0.490 e. The van der Waals surface area contributed by atoms with Gasteiger partial charge >= 0.3 is 0 Å². The molecule has 0 aromatic heterocycles. The molecule has 0 fully saturated rings. The number of aldehydes is 1. The number of hydrogen-bond donors (Lipinski definition) is 0. The normalized spacial score (nSPS) is 16.8. The van der Waals surface area contributed by atoms with Crippen molar-refractivity contribution < 1.29 is 14.3 Å². The average Bonchev–Trinajstić information content (AvgIpc) is 2.67. The Kier molecular flexibility index (Phi) is 8.35. The lowest BCUT2D eigenvalue weighted by molar-refractivity contribution is 0.112. The molecule has 1 aromatic rings. The highest BCUT2D eigenvalue weighted by Crippen LogP contribution is 2.41. The first-order chi connectivity index (χ1) is 13.4. The molecular formula is C25H36O3. The SMILES string of the molecule is CCOc1cc(C=O)ccc1OCCC=C(C)CCC1=C(C)C(C)(C)CCC1. The Morgan fingerprint density at radius 3 is 2.71 bits per heavy atom. The van der Waals surface area contributed by atoms with Gasteiger partial charge in [0.05, 0.1) is 13.2 Å². The van der Waals surface area contributed by atoms with Crippen molar-refractivity contribution in [1.82, 2.24) is 0 Å². The number of carbonyl (C=O) groups is 1. The molecule has 0 amide bonds. The quantitative estimate of drug-likeness (QED) is 0.249. The van der Waals surface area contributed by atoms with Crippen molar-refractivity contribution >= 4 is 6.29 Å². The third kappa shape index (κ3) is 6.25. The topological polar surface area (TPSA) is 35.5 Å². The lowest BCUT2D eigenvalue weighted by Gasteiger charge is -2.33. The molecule has 3 nitrogen and oxygen atoms in total. The van der Waals surface area contributed by atoms with Gasteiger partial charge in [-0.05, 0) is 82.9 Å². The summed E-state index contributed by atoms with van der Waals surface area (Å²) in [6.45, 7) is 12.4. The van der Waals surface area contributed by atoms with Crippen LogP contribution in [0.25, 0.3) is 0 Å². The van der Waals surface area contributed by atoms with Crippen molar-refractivity contribution in [3.8, 4) is 11.5 Å². The van der Waals surface area contributed by atoms with E-state index in [1.54, 1.807) is 23.3 Å². The number of allylic oxidation sites excluding steroid dienone is 3. The molecule has 0 heterocycles. The predicted octanol–water partition coefficient (Wildman–Crippen LogP) is 6.92. The van der Waals surface area contributed by atoms with Gasteiger partial charge in [0.15, 0.2) is 11.5 Å². The Balaban J connectivity index is 1.84. The summed E-state index contributed by atoms with van der Waals surface area (Å²) in [7, 11) is 0. The van der Waals surface area contributed by atoms with Gasteiger partial charge in [-0.1, -0.05) is 36.6 Å². The van der Waals surface area contributed by atoms with Gasteiger partial charge in [0, 0.05) is 5.56 Å². The third-order valence-electron chi connectivity index (χ3n) is 5.92. The summed E-state index contributed by atoms with van der Waals surface area (Å²) < 4.78 is 11.5. The molecule has 0 N–H and O–H groups in total. The van der Waals surface area contributed by atoms with E-state index in [0.29, 0.717) is 35.7 Å². The number of hydrogen-bond acceptors (Lipinski definition) is 3. The minimum Gasteiger partial charge on any atom is -0.490 e. The summed E-state index contributed by atoms with van der Waals surface area (Å²) in [6, 6.07) is 5.30. The Labute approximate surface area is 170 Å². The highest BCUT2D eigenvalue weighted by Gasteiger charge is 2.26. The zero-order valence-electron chi connectivity index (χ0n) is 18.3. The molecule has 3 heteroatoms. The van der Waals surface area contributed by atoms with Gasteiger partial charge in [0.2, 0.25) is 0 Å². The minimum absolute atomic E-state index is 0.372. The summed E-state index contributed by atoms with van der Waals surface area (Å²) in [4.78, 5) is 10.9. The van der Waals surface area contributed by atoms with E-state index in [0.717, 1.165) is 19.1 Å². The maximum Gasteiger partial charge on any atom is 0.161 e. The van der Waals surface area contributed by atoms with Gasteiger partial charge in [0.25, 0.3) is 0 Å². The van der Waals surface area contributed by atoms with E-state index in [4.69, 9.17) is 9.47 Å². The summed E-state index contributed by atoms with van der Waals surface area (Å²) in [6.07, 6.45) is 10.2. The second kappa shape index (κ2) is 10.5. The molecule has 0 unspecified atom stereocenters.